The van der Waals surface area contributed by atoms with Crippen molar-refractivity contribution in [3.8, 4) is 10.7 Å². The number of thiophene rings is 1. The van der Waals surface area contributed by atoms with E-state index in [1.165, 1.54) is 24.5 Å². The molecule has 8 heteroatoms. The van der Waals surface area contributed by atoms with Crippen LogP contribution in [0.25, 0.3) is 16.8 Å². The van der Waals surface area contributed by atoms with E-state index in [1.54, 1.807) is 30.3 Å². The monoisotopic (exact) mass is 370 g/mol. The van der Waals surface area contributed by atoms with E-state index in [9.17, 15) is 9.59 Å². The number of hydrogen-bond donors (Lipinski definition) is 0. The summed E-state index contributed by atoms with van der Waals surface area (Å²) in [5.74, 6) is -0.274. The Morgan fingerprint density at radius 3 is 2.73 bits per heavy atom. The first-order valence-electron chi connectivity index (χ1n) is 7.55. The molecule has 0 aliphatic heterocycles. The lowest BCUT2D eigenvalue weighted by Crippen LogP contribution is -2.01. The highest BCUT2D eigenvalue weighted by Crippen LogP contribution is 2.21. The molecule has 0 fully saturated rings. The van der Waals surface area contributed by atoms with Crippen LogP contribution >= 0.6 is 11.3 Å². The number of aromatic nitrogens is 2. The van der Waals surface area contributed by atoms with Gasteiger partial charge in [0.2, 0.25) is 5.82 Å². The van der Waals surface area contributed by atoms with Gasteiger partial charge in [0.15, 0.2) is 6.61 Å². The van der Waals surface area contributed by atoms with E-state index in [0.717, 1.165) is 10.4 Å². The van der Waals surface area contributed by atoms with E-state index < -0.39 is 11.9 Å². The fraction of sp³-hybridized carbons (Fsp3) is 0.111. The second-order valence-electron chi connectivity index (χ2n) is 5.04. The van der Waals surface area contributed by atoms with Gasteiger partial charge in [-0.3, -0.25) is 0 Å². The van der Waals surface area contributed by atoms with Crippen molar-refractivity contribution in [2.24, 2.45) is 0 Å². The topological polar surface area (TPSA) is 91.5 Å². The number of ether oxygens (including phenoxy) is 2. The Hall–Kier alpha value is -3.26. The molecule has 26 heavy (non-hydrogen) atoms. The molecule has 0 N–H and O–H groups in total. The van der Waals surface area contributed by atoms with E-state index in [2.05, 4.69) is 14.9 Å². The first kappa shape index (κ1) is 17.6. The highest BCUT2D eigenvalue weighted by atomic mass is 32.1. The Morgan fingerprint density at radius 2 is 2.04 bits per heavy atom. The molecule has 0 atom stereocenters. The number of rotatable bonds is 6. The summed E-state index contributed by atoms with van der Waals surface area (Å²) < 4.78 is 14.7. The molecule has 3 rings (SSSR count). The standard InChI is InChI=1S/C18H14N2O5S/c1-23-18(22)13-7-4-12(5-8-13)6-9-16(21)24-11-15-19-17(20-25-15)14-3-2-10-26-14/h2-10H,11H2,1H3/b9-6+. The lowest BCUT2D eigenvalue weighted by atomic mass is 10.1. The third-order valence-electron chi connectivity index (χ3n) is 3.29. The van der Waals surface area contributed by atoms with Crippen molar-refractivity contribution in [3.63, 3.8) is 0 Å². The first-order chi connectivity index (χ1) is 12.7. The summed E-state index contributed by atoms with van der Waals surface area (Å²) in [6.07, 6.45) is 2.86. The van der Waals surface area contributed by atoms with Gasteiger partial charge in [-0.2, -0.15) is 4.98 Å². The van der Waals surface area contributed by atoms with Crippen molar-refractivity contribution >= 4 is 29.4 Å². The van der Waals surface area contributed by atoms with Crippen LogP contribution in [0.1, 0.15) is 21.8 Å². The normalized spacial score (nSPS) is 10.8. The van der Waals surface area contributed by atoms with Crippen molar-refractivity contribution in [1.82, 2.24) is 10.1 Å². The van der Waals surface area contributed by atoms with Crippen LogP contribution in [0.3, 0.4) is 0 Å². The highest BCUT2D eigenvalue weighted by molar-refractivity contribution is 7.13. The van der Waals surface area contributed by atoms with Gasteiger partial charge in [-0.15, -0.1) is 11.3 Å². The van der Waals surface area contributed by atoms with Crippen molar-refractivity contribution in [1.29, 1.82) is 0 Å². The fourth-order valence-electron chi connectivity index (χ4n) is 2.01. The Kier molecular flexibility index (Phi) is 5.55. The van der Waals surface area contributed by atoms with Crippen molar-refractivity contribution in [3.05, 3.63) is 64.9 Å². The van der Waals surface area contributed by atoms with Crippen LogP contribution in [0.2, 0.25) is 0 Å². The number of esters is 2. The number of carbonyl (C=O) groups is 2. The number of carbonyl (C=O) groups excluding carboxylic acids is 2. The Balaban J connectivity index is 1.52. The van der Waals surface area contributed by atoms with Gasteiger partial charge < -0.3 is 14.0 Å². The molecule has 0 unspecified atom stereocenters. The zero-order valence-electron chi connectivity index (χ0n) is 13.7. The van der Waals surface area contributed by atoms with Crippen molar-refractivity contribution < 1.29 is 23.6 Å². The van der Waals surface area contributed by atoms with Crippen LogP contribution in [0.4, 0.5) is 0 Å². The third-order valence-corrected chi connectivity index (χ3v) is 4.16. The van der Waals surface area contributed by atoms with Gasteiger partial charge in [0.05, 0.1) is 17.6 Å². The van der Waals surface area contributed by atoms with Gasteiger partial charge in [0.1, 0.15) is 0 Å². The third kappa shape index (κ3) is 4.42. The highest BCUT2D eigenvalue weighted by Gasteiger charge is 2.10. The first-order valence-corrected chi connectivity index (χ1v) is 8.43. The van der Waals surface area contributed by atoms with Gasteiger partial charge in [0.25, 0.3) is 5.89 Å². The summed E-state index contributed by atoms with van der Waals surface area (Å²) in [5, 5.41) is 5.75. The van der Waals surface area contributed by atoms with E-state index in [1.807, 2.05) is 17.5 Å². The quantitative estimate of drug-likeness (QED) is 0.485. The summed E-state index contributed by atoms with van der Waals surface area (Å²) in [5.41, 5.74) is 1.18. The number of methoxy groups -OCH3 is 1. The van der Waals surface area contributed by atoms with Gasteiger partial charge in [-0.25, -0.2) is 9.59 Å². The Bertz CT molecular complexity index is 913. The molecule has 132 valence electrons. The van der Waals surface area contributed by atoms with Crippen LogP contribution in [-0.4, -0.2) is 29.2 Å². The molecule has 0 saturated carbocycles. The molecule has 0 radical (unpaired) electrons. The number of nitrogens with zero attached hydrogens (tertiary/aromatic N) is 2. The van der Waals surface area contributed by atoms with Crippen LogP contribution in [0, 0.1) is 0 Å². The van der Waals surface area contributed by atoms with E-state index >= 15 is 0 Å². The molecule has 7 nitrogen and oxygen atoms in total. The molecular weight excluding hydrogens is 356 g/mol. The molecule has 2 heterocycles. The second kappa shape index (κ2) is 8.21. The lowest BCUT2D eigenvalue weighted by Gasteiger charge is -1.99. The van der Waals surface area contributed by atoms with Crippen molar-refractivity contribution in [2.75, 3.05) is 7.11 Å². The Morgan fingerprint density at radius 1 is 1.23 bits per heavy atom. The van der Waals surface area contributed by atoms with Gasteiger partial charge >= 0.3 is 11.9 Å². The summed E-state index contributed by atoms with van der Waals surface area (Å²) in [6.45, 7) is -0.108. The smallest absolute Gasteiger partial charge is 0.337 e. The largest absolute Gasteiger partial charge is 0.465 e. The molecule has 0 aliphatic rings. The molecule has 0 bridgehead atoms. The summed E-state index contributed by atoms with van der Waals surface area (Å²) in [6, 6.07) is 10.4. The van der Waals surface area contributed by atoms with Gasteiger partial charge in [0, 0.05) is 6.08 Å². The van der Waals surface area contributed by atoms with Gasteiger partial charge in [-0.1, -0.05) is 23.4 Å². The second-order valence-corrected chi connectivity index (χ2v) is 5.99. The lowest BCUT2D eigenvalue weighted by molar-refractivity contribution is -0.139. The Labute approximate surface area is 152 Å². The van der Waals surface area contributed by atoms with Crippen molar-refractivity contribution in [2.45, 2.75) is 6.61 Å². The average molecular weight is 370 g/mol. The van der Waals surface area contributed by atoms with E-state index in [4.69, 9.17) is 9.26 Å². The fourth-order valence-corrected chi connectivity index (χ4v) is 2.66. The zero-order chi connectivity index (χ0) is 18.4. The molecule has 2 aromatic heterocycles. The molecule has 0 aliphatic carbocycles. The number of benzene rings is 1. The minimum absolute atomic E-state index is 0.108. The summed E-state index contributed by atoms with van der Waals surface area (Å²) >= 11 is 1.49. The summed E-state index contributed by atoms with van der Waals surface area (Å²) in [4.78, 5) is 28.2. The van der Waals surface area contributed by atoms with Gasteiger partial charge in [-0.05, 0) is 35.2 Å². The minimum atomic E-state index is -0.544. The molecule has 1 aromatic carbocycles. The molecule has 0 spiro atoms. The number of hydrogen-bond acceptors (Lipinski definition) is 8. The maximum absolute atomic E-state index is 11.8. The van der Waals surface area contributed by atoms with E-state index in [-0.39, 0.29) is 12.5 Å². The van der Waals surface area contributed by atoms with Crippen LogP contribution in [-0.2, 0) is 20.9 Å². The SMILES string of the molecule is COC(=O)c1ccc(/C=C/C(=O)OCc2nc(-c3cccs3)no2)cc1. The molecule has 0 saturated heterocycles. The van der Waals surface area contributed by atoms with E-state index in [0.29, 0.717) is 11.4 Å². The average Bonchev–Trinajstić information content (AvgIpc) is 3.36. The zero-order valence-corrected chi connectivity index (χ0v) is 14.6. The van der Waals surface area contributed by atoms with Crippen LogP contribution < -0.4 is 0 Å². The predicted molar refractivity (Wildman–Crippen MR) is 94.2 cm³/mol. The molecule has 0 amide bonds. The molecular formula is C18H14N2O5S. The maximum Gasteiger partial charge on any atom is 0.337 e. The minimum Gasteiger partial charge on any atom is -0.465 e. The predicted octanol–water partition coefficient (Wildman–Crippen LogP) is 3.34. The van der Waals surface area contributed by atoms with Crippen LogP contribution in [0.5, 0.6) is 0 Å². The maximum atomic E-state index is 11.8. The van der Waals surface area contributed by atoms with Crippen LogP contribution in [0.15, 0.2) is 52.4 Å². The molecule has 3 aromatic rings. The summed E-state index contributed by atoms with van der Waals surface area (Å²) in [7, 11) is 1.32.